The van der Waals surface area contributed by atoms with E-state index in [2.05, 4.69) is 15.3 Å². The molecule has 0 aromatic carbocycles. The smallest absolute Gasteiger partial charge is 0.225 e. The van der Waals surface area contributed by atoms with Crippen molar-refractivity contribution in [1.82, 2.24) is 20.2 Å². The largest absolute Gasteiger partial charge is 0.349 e. The summed E-state index contributed by atoms with van der Waals surface area (Å²) in [5.41, 5.74) is 1.82. The first-order valence-corrected chi connectivity index (χ1v) is 9.40. The van der Waals surface area contributed by atoms with E-state index in [1.165, 1.54) is 12.8 Å². The van der Waals surface area contributed by atoms with Crippen molar-refractivity contribution in [3.05, 3.63) is 23.3 Å². The molecule has 0 unspecified atom stereocenters. The molecule has 1 aromatic rings. The van der Waals surface area contributed by atoms with Crippen molar-refractivity contribution in [3.63, 3.8) is 0 Å². The molecule has 0 bridgehead atoms. The minimum atomic E-state index is -0.0152. The van der Waals surface area contributed by atoms with Crippen molar-refractivity contribution in [2.75, 3.05) is 13.1 Å². The Morgan fingerprint density at radius 3 is 2.24 bits per heavy atom. The van der Waals surface area contributed by atoms with E-state index in [-0.39, 0.29) is 17.7 Å². The standard InChI is InChI=1S/C19H28N4O2/c1-13-11-14(2)22-17(21-13)12-20-18(24)15-7-9-23(10-8-15)19(25)16-5-3-4-6-16/h11,15-16H,3-10,12H2,1-2H3,(H,20,24). The molecule has 25 heavy (non-hydrogen) atoms. The van der Waals surface area contributed by atoms with Gasteiger partial charge in [0.15, 0.2) is 0 Å². The van der Waals surface area contributed by atoms with Crippen LogP contribution in [0.3, 0.4) is 0 Å². The summed E-state index contributed by atoms with van der Waals surface area (Å²) in [4.78, 5) is 35.5. The number of carbonyl (C=O) groups excluding carboxylic acids is 2. The van der Waals surface area contributed by atoms with Gasteiger partial charge in [-0.15, -0.1) is 0 Å². The number of rotatable bonds is 4. The maximum Gasteiger partial charge on any atom is 0.225 e. The first kappa shape index (κ1) is 17.8. The second-order valence-corrected chi connectivity index (χ2v) is 7.37. The summed E-state index contributed by atoms with van der Waals surface area (Å²) >= 11 is 0. The van der Waals surface area contributed by atoms with Crippen LogP contribution in [-0.4, -0.2) is 39.8 Å². The Balaban J connectivity index is 1.45. The number of amides is 2. The topological polar surface area (TPSA) is 75.2 Å². The number of hydrogen-bond acceptors (Lipinski definition) is 4. The van der Waals surface area contributed by atoms with E-state index in [0.717, 1.165) is 37.1 Å². The van der Waals surface area contributed by atoms with Crippen LogP contribution in [0, 0.1) is 25.7 Å². The van der Waals surface area contributed by atoms with Gasteiger partial charge in [-0.25, -0.2) is 9.97 Å². The molecule has 6 heteroatoms. The lowest BCUT2D eigenvalue weighted by Crippen LogP contribution is -2.44. The summed E-state index contributed by atoms with van der Waals surface area (Å²) in [5, 5.41) is 2.95. The summed E-state index contributed by atoms with van der Waals surface area (Å²) < 4.78 is 0. The zero-order valence-electron chi connectivity index (χ0n) is 15.3. The Labute approximate surface area is 149 Å². The summed E-state index contributed by atoms with van der Waals surface area (Å²) in [6, 6.07) is 1.92. The summed E-state index contributed by atoms with van der Waals surface area (Å²) in [6.07, 6.45) is 5.92. The second-order valence-electron chi connectivity index (χ2n) is 7.37. The van der Waals surface area contributed by atoms with E-state index in [9.17, 15) is 9.59 Å². The molecular weight excluding hydrogens is 316 g/mol. The number of aromatic nitrogens is 2. The molecule has 0 spiro atoms. The van der Waals surface area contributed by atoms with Gasteiger partial charge >= 0.3 is 0 Å². The van der Waals surface area contributed by atoms with Gasteiger partial charge in [-0.05, 0) is 45.6 Å². The predicted molar refractivity (Wildman–Crippen MR) is 94.6 cm³/mol. The van der Waals surface area contributed by atoms with Gasteiger partial charge in [-0.1, -0.05) is 12.8 Å². The van der Waals surface area contributed by atoms with Crippen molar-refractivity contribution >= 4 is 11.8 Å². The maximum absolute atomic E-state index is 12.5. The van der Waals surface area contributed by atoms with Gasteiger partial charge in [0.05, 0.1) is 6.54 Å². The van der Waals surface area contributed by atoms with Crippen LogP contribution in [0.4, 0.5) is 0 Å². The number of piperidine rings is 1. The fourth-order valence-electron chi connectivity index (χ4n) is 3.98. The number of carbonyl (C=O) groups is 2. The fourth-order valence-corrected chi connectivity index (χ4v) is 3.98. The van der Waals surface area contributed by atoms with Crippen molar-refractivity contribution in [2.45, 2.75) is 58.9 Å². The van der Waals surface area contributed by atoms with Crippen LogP contribution < -0.4 is 5.32 Å². The zero-order valence-corrected chi connectivity index (χ0v) is 15.3. The van der Waals surface area contributed by atoms with Crippen LogP contribution in [0.1, 0.15) is 55.7 Å². The highest BCUT2D eigenvalue weighted by atomic mass is 16.2. The van der Waals surface area contributed by atoms with Crippen LogP contribution in [0.2, 0.25) is 0 Å². The Morgan fingerprint density at radius 1 is 1.04 bits per heavy atom. The van der Waals surface area contributed by atoms with E-state index >= 15 is 0 Å². The van der Waals surface area contributed by atoms with Crippen LogP contribution in [0.15, 0.2) is 6.07 Å². The van der Waals surface area contributed by atoms with Crippen LogP contribution in [-0.2, 0) is 16.1 Å². The second kappa shape index (κ2) is 7.93. The Kier molecular flexibility index (Phi) is 5.66. The number of hydrogen-bond donors (Lipinski definition) is 1. The van der Waals surface area contributed by atoms with Crippen molar-refractivity contribution in [2.24, 2.45) is 11.8 Å². The third-order valence-electron chi connectivity index (χ3n) is 5.33. The number of nitrogens with zero attached hydrogens (tertiary/aromatic N) is 3. The highest BCUT2D eigenvalue weighted by Crippen LogP contribution is 2.28. The molecule has 2 heterocycles. The van der Waals surface area contributed by atoms with E-state index < -0.39 is 0 Å². The fraction of sp³-hybridized carbons (Fsp3) is 0.684. The molecule has 1 aliphatic carbocycles. The lowest BCUT2D eigenvalue weighted by molar-refractivity contribution is -0.139. The number of aryl methyl sites for hydroxylation is 2. The molecule has 6 nitrogen and oxygen atoms in total. The first-order chi connectivity index (χ1) is 12.0. The third kappa shape index (κ3) is 4.55. The molecule has 1 N–H and O–H groups in total. The normalized spacial score (nSPS) is 19.2. The summed E-state index contributed by atoms with van der Waals surface area (Å²) in [7, 11) is 0. The maximum atomic E-state index is 12.5. The molecule has 2 aliphatic rings. The molecule has 1 saturated heterocycles. The van der Waals surface area contributed by atoms with Crippen LogP contribution in [0.25, 0.3) is 0 Å². The first-order valence-electron chi connectivity index (χ1n) is 9.40. The third-order valence-corrected chi connectivity index (χ3v) is 5.33. The van der Waals surface area contributed by atoms with E-state index in [1.807, 2.05) is 24.8 Å². The van der Waals surface area contributed by atoms with Gasteiger partial charge in [0.2, 0.25) is 11.8 Å². The molecule has 1 aliphatic heterocycles. The average molecular weight is 344 g/mol. The minimum absolute atomic E-state index is 0.0152. The highest BCUT2D eigenvalue weighted by molar-refractivity contribution is 5.81. The minimum Gasteiger partial charge on any atom is -0.349 e. The molecule has 1 saturated carbocycles. The van der Waals surface area contributed by atoms with E-state index in [1.54, 1.807) is 0 Å². The van der Waals surface area contributed by atoms with Gasteiger partial charge in [0.1, 0.15) is 5.82 Å². The lowest BCUT2D eigenvalue weighted by Gasteiger charge is -2.33. The number of likely N-dealkylation sites (tertiary alicyclic amines) is 1. The highest BCUT2D eigenvalue weighted by Gasteiger charge is 2.31. The van der Waals surface area contributed by atoms with Crippen LogP contribution in [0.5, 0.6) is 0 Å². The molecule has 2 amide bonds. The molecule has 136 valence electrons. The van der Waals surface area contributed by atoms with Gasteiger partial charge in [0, 0.05) is 36.3 Å². The lowest BCUT2D eigenvalue weighted by atomic mass is 9.94. The van der Waals surface area contributed by atoms with Gasteiger partial charge in [0.25, 0.3) is 0 Å². The molecular formula is C19H28N4O2. The van der Waals surface area contributed by atoms with Crippen LogP contribution >= 0.6 is 0 Å². The monoisotopic (exact) mass is 344 g/mol. The summed E-state index contributed by atoms with van der Waals surface area (Å²) in [6.45, 7) is 5.62. The molecule has 0 atom stereocenters. The van der Waals surface area contributed by atoms with Gasteiger partial charge < -0.3 is 10.2 Å². The van der Waals surface area contributed by atoms with Crippen molar-refractivity contribution < 1.29 is 9.59 Å². The Morgan fingerprint density at radius 2 is 1.64 bits per heavy atom. The Bertz CT molecular complexity index is 612. The van der Waals surface area contributed by atoms with Crippen molar-refractivity contribution in [1.29, 1.82) is 0 Å². The van der Waals surface area contributed by atoms with Gasteiger partial charge in [-0.3, -0.25) is 9.59 Å². The zero-order chi connectivity index (χ0) is 17.8. The summed E-state index contributed by atoms with van der Waals surface area (Å²) in [5.74, 6) is 1.22. The molecule has 1 aromatic heterocycles. The van der Waals surface area contributed by atoms with E-state index in [0.29, 0.717) is 31.4 Å². The average Bonchev–Trinajstić information content (AvgIpc) is 3.13. The van der Waals surface area contributed by atoms with Crippen molar-refractivity contribution in [3.8, 4) is 0 Å². The molecule has 0 radical (unpaired) electrons. The Hall–Kier alpha value is -1.98. The SMILES string of the molecule is Cc1cc(C)nc(CNC(=O)C2CCN(C(=O)C3CCCC3)CC2)n1. The van der Waals surface area contributed by atoms with E-state index in [4.69, 9.17) is 0 Å². The predicted octanol–water partition coefficient (Wildman–Crippen LogP) is 2.14. The quantitative estimate of drug-likeness (QED) is 0.908. The molecule has 3 rings (SSSR count). The number of nitrogens with one attached hydrogen (secondary N) is 1. The molecule has 2 fully saturated rings. The van der Waals surface area contributed by atoms with Gasteiger partial charge in [-0.2, -0.15) is 0 Å².